The third-order valence-corrected chi connectivity index (χ3v) is 3.27. The van der Waals surface area contributed by atoms with Gasteiger partial charge in [-0.05, 0) is 42.4 Å². The lowest BCUT2D eigenvalue weighted by Crippen LogP contribution is -2.23. The Balaban J connectivity index is 2.09. The number of benzene rings is 2. The molecule has 0 saturated heterocycles. The van der Waals surface area contributed by atoms with Crippen molar-refractivity contribution in [2.24, 2.45) is 0 Å². The molecule has 0 fully saturated rings. The van der Waals surface area contributed by atoms with Gasteiger partial charge in [0.05, 0.1) is 6.61 Å². The number of rotatable bonds is 6. The summed E-state index contributed by atoms with van der Waals surface area (Å²) in [6, 6.07) is 12.5. The van der Waals surface area contributed by atoms with Gasteiger partial charge >= 0.3 is 0 Å². The quantitative estimate of drug-likeness (QED) is 0.639. The van der Waals surface area contributed by atoms with Crippen molar-refractivity contribution in [3.8, 4) is 0 Å². The zero-order valence-corrected chi connectivity index (χ0v) is 11.7. The van der Waals surface area contributed by atoms with E-state index in [1.807, 2.05) is 13.0 Å². The van der Waals surface area contributed by atoms with Crippen molar-refractivity contribution < 1.29 is 4.74 Å². The number of likely N-dealkylation sites (N-methyl/N-ethyl adjacent to an activating group) is 1. The van der Waals surface area contributed by atoms with Crippen LogP contribution >= 0.6 is 0 Å². The predicted octanol–water partition coefficient (Wildman–Crippen LogP) is 2.89. The summed E-state index contributed by atoms with van der Waals surface area (Å²) in [6.07, 6.45) is 0. The first kappa shape index (κ1) is 13.8. The molecule has 2 aromatic rings. The highest BCUT2D eigenvalue weighted by atomic mass is 16.5. The molecule has 0 saturated carbocycles. The van der Waals surface area contributed by atoms with Crippen LogP contribution in [0.5, 0.6) is 0 Å². The minimum Gasteiger partial charge on any atom is -0.398 e. The Bertz CT molecular complexity index is 539. The molecule has 3 nitrogen and oxygen atoms in total. The first-order chi connectivity index (χ1) is 9.20. The van der Waals surface area contributed by atoms with E-state index >= 15 is 0 Å². The van der Waals surface area contributed by atoms with Gasteiger partial charge in [0, 0.05) is 25.4 Å². The molecule has 0 atom stereocenters. The van der Waals surface area contributed by atoms with Crippen LogP contribution in [0, 0.1) is 0 Å². The molecule has 0 aliphatic carbocycles. The van der Waals surface area contributed by atoms with Gasteiger partial charge in [-0.2, -0.15) is 0 Å². The first-order valence-electron chi connectivity index (χ1n) is 6.74. The van der Waals surface area contributed by atoms with Crippen molar-refractivity contribution in [1.29, 1.82) is 0 Å². The summed E-state index contributed by atoms with van der Waals surface area (Å²) in [5, 5.41) is 2.44. The molecule has 0 spiro atoms. The fraction of sp³-hybridized carbons (Fsp3) is 0.375. The summed E-state index contributed by atoms with van der Waals surface area (Å²) < 4.78 is 5.37. The molecule has 0 aromatic heterocycles. The Hall–Kier alpha value is -1.58. The smallest absolute Gasteiger partial charge is 0.0593 e. The van der Waals surface area contributed by atoms with E-state index in [-0.39, 0.29) is 0 Å². The Morgan fingerprint density at radius 3 is 2.53 bits per heavy atom. The standard InChI is InChI=1S/C16H22N2O/c1-3-19-9-8-18(2)12-15-10-13-6-4-5-7-14(13)11-16(15)17/h4-7,10-11H,3,8-9,12,17H2,1-2H3. The average Bonchev–Trinajstić information content (AvgIpc) is 2.40. The van der Waals surface area contributed by atoms with Crippen LogP contribution in [0.3, 0.4) is 0 Å². The van der Waals surface area contributed by atoms with Crippen molar-refractivity contribution in [3.63, 3.8) is 0 Å². The number of hydrogen-bond acceptors (Lipinski definition) is 3. The lowest BCUT2D eigenvalue weighted by Gasteiger charge is -2.18. The van der Waals surface area contributed by atoms with Gasteiger partial charge in [-0.1, -0.05) is 24.3 Å². The molecule has 102 valence electrons. The highest BCUT2D eigenvalue weighted by Gasteiger charge is 2.05. The highest BCUT2D eigenvalue weighted by molar-refractivity contribution is 5.86. The van der Waals surface area contributed by atoms with Crippen LogP contribution in [0.4, 0.5) is 5.69 Å². The fourth-order valence-electron chi connectivity index (χ4n) is 2.18. The van der Waals surface area contributed by atoms with Crippen LogP contribution in [0.1, 0.15) is 12.5 Å². The zero-order chi connectivity index (χ0) is 13.7. The predicted molar refractivity (Wildman–Crippen MR) is 81.2 cm³/mol. The van der Waals surface area contributed by atoms with E-state index in [1.54, 1.807) is 0 Å². The second kappa shape index (κ2) is 6.55. The largest absolute Gasteiger partial charge is 0.398 e. The molecule has 0 radical (unpaired) electrons. The van der Waals surface area contributed by atoms with Crippen LogP contribution in [-0.4, -0.2) is 31.7 Å². The average molecular weight is 258 g/mol. The Labute approximate surface area is 115 Å². The molecule has 0 aliphatic heterocycles. The van der Waals surface area contributed by atoms with Crippen LogP contribution < -0.4 is 5.73 Å². The van der Waals surface area contributed by atoms with Crippen LogP contribution in [0.25, 0.3) is 10.8 Å². The van der Waals surface area contributed by atoms with Crippen molar-refractivity contribution in [1.82, 2.24) is 4.90 Å². The van der Waals surface area contributed by atoms with E-state index in [9.17, 15) is 0 Å². The van der Waals surface area contributed by atoms with E-state index in [2.05, 4.69) is 42.3 Å². The molecule has 3 heteroatoms. The van der Waals surface area contributed by atoms with Gasteiger partial charge in [-0.3, -0.25) is 4.90 Å². The Morgan fingerprint density at radius 2 is 1.84 bits per heavy atom. The number of nitrogen functional groups attached to an aromatic ring is 1. The maximum absolute atomic E-state index is 6.13. The van der Waals surface area contributed by atoms with Gasteiger partial charge in [0.15, 0.2) is 0 Å². The second-order valence-corrected chi connectivity index (χ2v) is 4.83. The van der Waals surface area contributed by atoms with E-state index in [4.69, 9.17) is 10.5 Å². The molecule has 2 rings (SSSR count). The van der Waals surface area contributed by atoms with E-state index in [0.29, 0.717) is 0 Å². The number of nitrogens with two attached hydrogens (primary N) is 1. The van der Waals surface area contributed by atoms with Gasteiger partial charge in [-0.25, -0.2) is 0 Å². The van der Waals surface area contributed by atoms with Crippen molar-refractivity contribution >= 4 is 16.5 Å². The third-order valence-electron chi connectivity index (χ3n) is 3.27. The summed E-state index contributed by atoms with van der Waals surface area (Å²) in [4.78, 5) is 2.23. The Kier molecular flexibility index (Phi) is 4.77. The maximum atomic E-state index is 6.13. The molecule has 0 unspecified atom stereocenters. The fourth-order valence-corrected chi connectivity index (χ4v) is 2.18. The molecular weight excluding hydrogens is 236 g/mol. The summed E-state index contributed by atoms with van der Waals surface area (Å²) in [6.45, 7) is 5.32. The SMILES string of the molecule is CCOCCN(C)Cc1cc2ccccc2cc1N. The molecule has 0 amide bonds. The summed E-state index contributed by atoms with van der Waals surface area (Å²) in [7, 11) is 2.09. The van der Waals surface area contributed by atoms with Gasteiger partial charge in [0.2, 0.25) is 0 Å². The van der Waals surface area contributed by atoms with E-state index in [1.165, 1.54) is 16.3 Å². The normalized spacial score (nSPS) is 11.3. The molecule has 2 aromatic carbocycles. The molecule has 2 N–H and O–H groups in total. The third kappa shape index (κ3) is 3.69. The van der Waals surface area contributed by atoms with E-state index < -0.39 is 0 Å². The number of nitrogens with zero attached hydrogens (tertiary/aromatic N) is 1. The minimum absolute atomic E-state index is 0.764. The summed E-state index contributed by atoms with van der Waals surface area (Å²) in [5.74, 6) is 0. The first-order valence-corrected chi connectivity index (χ1v) is 6.74. The van der Waals surface area contributed by atoms with Gasteiger partial charge in [0.1, 0.15) is 0 Å². The van der Waals surface area contributed by atoms with E-state index in [0.717, 1.165) is 32.0 Å². The van der Waals surface area contributed by atoms with Crippen molar-refractivity contribution in [2.45, 2.75) is 13.5 Å². The Morgan fingerprint density at radius 1 is 1.16 bits per heavy atom. The second-order valence-electron chi connectivity index (χ2n) is 4.83. The molecule has 0 bridgehead atoms. The van der Waals surface area contributed by atoms with Gasteiger partial charge < -0.3 is 10.5 Å². The highest BCUT2D eigenvalue weighted by Crippen LogP contribution is 2.22. The maximum Gasteiger partial charge on any atom is 0.0593 e. The lowest BCUT2D eigenvalue weighted by molar-refractivity contribution is 0.120. The van der Waals surface area contributed by atoms with Gasteiger partial charge in [0.25, 0.3) is 0 Å². The molecule has 19 heavy (non-hydrogen) atoms. The summed E-state index contributed by atoms with van der Waals surface area (Å²) >= 11 is 0. The molecule has 0 aliphatic rings. The monoisotopic (exact) mass is 258 g/mol. The molecular formula is C16H22N2O. The lowest BCUT2D eigenvalue weighted by atomic mass is 10.0. The van der Waals surface area contributed by atoms with Gasteiger partial charge in [-0.15, -0.1) is 0 Å². The van der Waals surface area contributed by atoms with Crippen molar-refractivity contribution in [2.75, 3.05) is 32.5 Å². The number of fused-ring (bicyclic) bond motifs is 1. The van der Waals surface area contributed by atoms with Crippen LogP contribution in [0.15, 0.2) is 36.4 Å². The zero-order valence-electron chi connectivity index (χ0n) is 11.7. The van der Waals surface area contributed by atoms with Crippen LogP contribution in [-0.2, 0) is 11.3 Å². The van der Waals surface area contributed by atoms with Crippen LogP contribution in [0.2, 0.25) is 0 Å². The molecule has 0 heterocycles. The number of hydrogen-bond donors (Lipinski definition) is 1. The summed E-state index contributed by atoms with van der Waals surface area (Å²) in [5.41, 5.74) is 8.17. The minimum atomic E-state index is 0.764. The number of ether oxygens (including phenoxy) is 1. The topological polar surface area (TPSA) is 38.5 Å². The van der Waals surface area contributed by atoms with Crippen molar-refractivity contribution in [3.05, 3.63) is 42.0 Å². The number of anilines is 1.